The first kappa shape index (κ1) is 41.7. The Kier molecular flexibility index (Phi) is 225. The van der Waals surface area contributed by atoms with E-state index in [0.717, 1.165) is 0 Å². The first-order chi connectivity index (χ1) is 0. The van der Waals surface area contributed by atoms with Gasteiger partial charge in [0.25, 0.3) is 0 Å². The van der Waals surface area contributed by atoms with Gasteiger partial charge in [0, 0.05) is 0 Å². The SMILES string of the molecule is [Ca+2].[LiH].[OH-].[OH-]. The molecule has 4 heteroatoms. The molecule has 0 aromatic rings. The van der Waals surface area contributed by atoms with Crippen LogP contribution in [0.1, 0.15) is 0 Å². The molecule has 0 atom stereocenters. The summed E-state index contributed by atoms with van der Waals surface area (Å²) >= 11 is 0. The van der Waals surface area contributed by atoms with Gasteiger partial charge < -0.3 is 11.0 Å². The Morgan fingerprint density at radius 3 is 0.750 bits per heavy atom. The van der Waals surface area contributed by atoms with Crippen LogP contribution >= 0.6 is 0 Å². The Hall–Kier alpha value is 1.78. The van der Waals surface area contributed by atoms with Gasteiger partial charge in [-0.05, 0) is 0 Å². The molecule has 2 N–H and O–H groups in total. The van der Waals surface area contributed by atoms with E-state index in [-0.39, 0.29) is 67.6 Å². The molecule has 0 aliphatic carbocycles. The fraction of sp³-hybridized carbons (Fsp3) is 0. The third-order valence-electron chi connectivity index (χ3n) is 0. The van der Waals surface area contributed by atoms with Crippen LogP contribution in [0.25, 0.3) is 0 Å². The second-order valence-corrected chi connectivity index (χ2v) is 0. The normalized spacial score (nSPS) is 0. The molecule has 0 aromatic carbocycles. The summed E-state index contributed by atoms with van der Waals surface area (Å²) in [4.78, 5) is 0. The molecule has 0 aromatic heterocycles. The molecule has 18 valence electrons. The van der Waals surface area contributed by atoms with Crippen molar-refractivity contribution < 1.29 is 11.0 Å². The maximum atomic E-state index is 0. The van der Waals surface area contributed by atoms with Crippen molar-refractivity contribution in [2.45, 2.75) is 0 Å². The van der Waals surface area contributed by atoms with Crippen molar-refractivity contribution in [1.82, 2.24) is 0 Å². The van der Waals surface area contributed by atoms with E-state index in [4.69, 9.17) is 0 Å². The number of hydrogen-bond acceptors (Lipinski definition) is 2. The van der Waals surface area contributed by atoms with Crippen LogP contribution in [0.2, 0.25) is 0 Å². The van der Waals surface area contributed by atoms with Gasteiger partial charge in [0.15, 0.2) is 0 Å². The van der Waals surface area contributed by atoms with Gasteiger partial charge in [-0.15, -0.1) is 0 Å². The van der Waals surface area contributed by atoms with Crippen molar-refractivity contribution in [3.05, 3.63) is 0 Å². The third-order valence-corrected chi connectivity index (χ3v) is 0. The molecule has 0 saturated carbocycles. The van der Waals surface area contributed by atoms with Gasteiger partial charge in [-0.3, -0.25) is 0 Å². The van der Waals surface area contributed by atoms with Crippen LogP contribution in [-0.4, -0.2) is 67.6 Å². The Labute approximate surface area is 66.7 Å². The molecular weight excluding hydrogens is 79.0 g/mol. The van der Waals surface area contributed by atoms with Crippen molar-refractivity contribution in [3.8, 4) is 0 Å². The van der Waals surface area contributed by atoms with Crippen molar-refractivity contribution >= 4 is 56.6 Å². The summed E-state index contributed by atoms with van der Waals surface area (Å²) < 4.78 is 0. The van der Waals surface area contributed by atoms with Gasteiger partial charge in [-0.25, -0.2) is 0 Å². The van der Waals surface area contributed by atoms with Crippen molar-refractivity contribution in [2.75, 3.05) is 0 Å². The van der Waals surface area contributed by atoms with E-state index >= 15 is 0 Å². The summed E-state index contributed by atoms with van der Waals surface area (Å²) in [5.41, 5.74) is 0. The Balaban J connectivity index is 0. The third kappa shape index (κ3) is 9.22. The van der Waals surface area contributed by atoms with E-state index in [1.807, 2.05) is 0 Å². The molecule has 0 saturated heterocycles. The zero-order valence-electron chi connectivity index (χ0n) is 1.60. The van der Waals surface area contributed by atoms with Gasteiger partial charge in [0.2, 0.25) is 0 Å². The Morgan fingerprint density at radius 2 is 0.750 bits per heavy atom. The zero-order valence-corrected chi connectivity index (χ0v) is 3.81. The van der Waals surface area contributed by atoms with Crippen LogP contribution in [0.4, 0.5) is 0 Å². The molecule has 0 fully saturated rings. The van der Waals surface area contributed by atoms with Gasteiger partial charge >= 0.3 is 56.6 Å². The monoisotopic (exact) mass is 82.0 g/mol. The van der Waals surface area contributed by atoms with Crippen molar-refractivity contribution in [3.63, 3.8) is 0 Å². The van der Waals surface area contributed by atoms with Gasteiger partial charge in [-0.1, -0.05) is 0 Å². The van der Waals surface area contributed by atoms with E-state index in [1.165, 1.54) is 0 Å². The topological polar surface area (TPSA) is 60.0 Å². The smallest absolute Gasteiger partial charge is 0.870 e. The van der Waals surface area contributed by atoms with E-state index < -0.39 is 0 Å². The largest absolute Gasteiger partial charge is 0.870 e. The molecule has 0 amide bonds. The molecule has 0 aliphatic rings. The first-order valence-electron chi connectivity index (χ1n) is 0. The Morgan fingerprint density at radius 1 is 0.750 bits per heavy atom. The first-order valence-corrected chi connectivity index (χ1v) is 0. The molecule has 0 unspecified atom stereocenters. The van der Waals surface area contributed by atoms with E-state index in [2.05, 4.69) is 0 Å². The summed E-state index contributed by atoms with van der Waals surface area (Å²) in [6.07, 6.45) is 0. The maximum Gasteiger partial charge on any atom is -0.870 e. The quantitative estimate of drug-likeness (QED) is 0.338. The summed E-state index contributed by atoms with van der Waals surface area (Å²) in [6.45, 7) is 0. The minimum atomic E-state index is 0. The Bertz CT molecular complexity index is 6.00. The van der Waals surface area contributed by atoms with Crippen LogP contribution in [0.5, 0.6) is 0 Å². The molecule has 2 nitrogen and oxygen atoms in total. The fourth-order valence-electron chi connectivity index (χ4n) is 0. The fourth-order valence-corrected chi connectivity index (χ4v) is 0. The van der Waals surface area contributed by atoms with E-state index in [9.17, 15) is 0 Å². The molecule has 0 rings (SSSR count). The van der Waals surface area contributed by atoms with Gasteiger partial charge in [0.1, 0.15) is 0 Å². The molecule has 0 bridgehead atoms. The summed E-state index contributed by atoms with van der Waals surface area (Å²) in [5.74, 6) is 0. The summed E-state index contributed by atoms with van der Waals surface area (Å²) in [6, 6.07) is 0. The van der Waals surface area contributed by atoms with Crippen molar-refractivity contribution in [2.24, 2.45) is 0 Å². The van der Waals surface area contributed by atoms with Crippen LogP contribution in [0.3, 0.4) is 0 Å². The summed E-state index contributed by atoms with van der Waals surface area (Å²) in [5, 5.41) is 0. The number of rotatable bonds is 0. The zero-order chi connectivity index (χ0) is 0. The van der Waals surface area contributed by atoms with Crippen LogP contribution in [0.15, 0.2) is 0 Å². The van der Waals surface area contributed by atoms with E-state index in [0.29, 0.717) is 0 Å². The average Bonchev–Trinajstić information content (AvgIpc) is 0. The van der Waals surface area contributed by atoms with Gasteiger partial charge in [-0.2, -0.15) is 0 Å². The molecule has 4 heavy (non-hydrogen) atoms. The summed E-state index contributed by atoms with van der Waals surface area (Å²) in [7, 11) is 0. The molecule has 0 heterocycles. The predicted octanol–water partition coefficient (Wildman–Crippen LogP) is -1.38. The van der Waals surface area contributed by atoms with Crippen LogP contribution in [-0.2, 0) is 0 Å². The van der Waals surface area contributed by atoms with Crippen LogP contribution in [0, 0.1) is 0 Å². The minimum absolute atomic E-state index is 0. The molecule has 0 radical (unpaired) electrons. The average molecular weight is 82.0 g/mol. The minimum Gasteiger partial charge on any atom is -0.870 e. The van der Waals surface area contributed by atoms with Gasteiger partial charge in [0.05, 0.1) is 0 Å². The van der Waals surface area contributed by atoms with Crippen molar-refractivity contribution in [1.29, 1.82) is 0 Å². The molecule has 0 aliphatic heterocycles. The molecule has 0 spiro atoms. The second kappa shape index (κ2) is 21.6. The number of hydrogen-bond donors (Lipinski definition) is 0. The maximum absolute atomic E-state index is 0. The van der Waals surface area contributed by atoms with E-state index in [1.54, 1.807) is 0 Å². The second-order valence-electron chi connectivity index (χ2n) is 0. The predicted molar refractivity (Wildman–Crippen MR) is 16.8 cm³/mol. The van der Waals surface area contributed by atoms with Crippen LogP contribution < -0.4 is 0 Å². The standard InChI is InChI=1S/Ca.Li.2H2O.H/h;;2*1H2;/q+2;;;;/p-2. The molecular formula is H3CaLiO2.